The molecule has 0 bridgehead atoms. The standard InChI is InChI=1S/2C11H15NO3.2C10H13NO3/c2*1-6(11(12)7(2)13)8-3-4-9(14)10(15)5-8;2*1-6(12)8(11)4-7-2-3-9(13)10(14)5-7/h2*3-6,11,14-15H,12H2,1-2H3;2*2-3,5,8,13-14H,4,11H2,1H3/t6-,11+;6-,11-;2*8-/m1000/s1/i2*6D,11D;4D2,8D;4D,8D/t3m;4-,8+/m1001. The first kappa shape index (κ1) is 36.2. The van der Waals surface area contributed by atoms with E-state index in [-0.39, 0.29) is 39.5 Å². The Bertz CT molecular complexity index is 2270. The van der Waals surface area contributed by atoms with Gasteiger partial charge in [-0.3, -0.25) is 19.2 Å². The van der Waals surface area contributed by atoms with E-state index in [4.69, 9.17) is 55.7 Å². The van der Waals surface area contributed by atoms with E-state index in [1.165, 1.54) is 50.2 Å². The van der Waals surface area contributed by atoms with E-state index < -0.39 is 101 Å². The number of phenolic OH excluding ortho intramolecular Hbond substituents is 8. The van der Waals surface area contributed by atoms with Crippen LogP contribution in [0.1, 0.15) is 87.9 Å². The zero-order chi connectivity index (χ0) is 52.8. The van der Waals surface area contributed by atoms with Crippen LogP contribution in [0.2, 0.25) is 0 Å². The molecular formula is C42H56N4O12. The Kier molecular flexibility index (Phi) is 14.4. The lowest BCUT2D eigenvalue weighted by Crippen LogP contribution is -2.33. The Morgan fingerprint density at radius 3 is 1.10 bits per heavy atom. The van der Waals surface area contributed by atoms with Gasteiger partial charge in [0, 0.05) is 18.6 Å². The fourth-order valence-corrected chi connectivity index (χ4v) is 4.11. The molecule has 16 heteroatoms. The molecule has 4 rings (SSSR count). The molecule has 0 aliphatic rings. The van der Waals surface area contributed by atoms with Crippen LogP contribution in [-0.2, 0) is 31.9 Å². The molecule has 0 saturated heterocycles. The van der Waals surface area contributed by atoms with Crippen molar-refractivity contribution in [3.63, 3.8) is 0 Å². The second-order valence-electron chi connectivity index (χ2n) is 12.3. The molecule has 0 amide bonds. The van der Waals surface area contributed by atoms with Crippen LogP contribution in [-0.4, -0.2) is 88.1 Å². The largest absolute Gasteiger partial charge is 0.504 e. The second kappa shape index (κ2) is 23.1. The Balaban J connectivity index is 0.000000447. The maximum Gasteiger partial charge on any atom is 0.157 e. The Labute approximate surface area is 349 Å². The van der Waals surface area contributed by atoms with Gasteiger partial charge in [0.25, 0.3) is 0 Å². The highest BCUT2D eigenvalue weighted by molar-refractivity contribution is 5.83. The molecule has 0 heterocycles. The van der Waals surface area contributed by atoms with E-state index >= 15 is 0 Å². The van der Waals surface area contributed by atoms with Crippen molar-refractivity contribution >= 4 is 23.1 Å². The first-order valence-electron chi connectivity index (χ1n) is 21.4. The number of hydrogen-bond donors (Lipinski definition) is 12. The molecule has 16 nitrogen and oxygen atoms in total. The van der Waals surface area contributed by atoms with Crippen LogP contribution in [0.5, 0.6) is 46.0 Å². The van der Waals surface area contributed by atoms with Crippen LogP contribution < -0.4 is 22.9 Å². The molecule has 4 aromatic carbocycles. The van der Waals surface area contributed by atoms with Gasteiger partial charge in [-0.2, -0.15) is 0 Å². The summed E-state index contributed by atoms with van der Waals surface area (Å²) in [5, 5.41) is 73.7. The molecule has 4 aromatic rings. The number of benzene rings is 4. The average molecular weight is 818 g/mol. The lowest BCUT2D eigenvalue weighted by Gasteiger charge is -2.17. The van der Waals surface area contributed by atoms with Crippen LogP contribution in [0.4, 0.5) is 0 Å². The van der Waals surface area contributed by atoms with Gasteiger partial charge in [0.1, 0.15) is 23.1 Å². The van der Waals surface area contributed by atoms with E-state index in [1.807, 2.05) is 0 Å². The first-order chi connectivity index (χ1) is 30.1. The summed E-state index contributed by atoms with van der Waals surface area (Å²) in [6.07, 6.45) is -3.80. The van der Waals surface area contributed by atoms with Crippen LogP contribution in [0.3, 0.4) is 0 Å². The van der Waals surface area contributed by atoms with E-state index in [0.29, 0.717) is 0 Å². The summed E-state index contributed by atoms with van der Waals surface area (Å²) in [5.41, 5.74) is 22.3. The van der Waals surface area contributed by atoms with Crippen molar-refractivity contribution in [1.29, 1.82) is 0 Å². The zero-order valence-electron chi connectivity index (χ0n) is 41.5. The van der Waals surface area contributed by atoms with Gasteiger partial charge in [0.05, 0.1) is 29.6 Å². The predicted molar refractivity (Wildman–Crippen MR) is 218 cm³/mol. The third kappa shape index (κ3) is 16.1. The summed E-state index contributed by atoms with van der Waals surface area (Å²) in [6.45, 7) is 7.06. The first-order valence-corrected chi connectivity index (χ1v) is 16.8. The van der Waals surface area contributed by atoms with Gasteiger partial charge >= 0.3 is 0 Å². The quantitative estimate of drug-likeness (QED) is 0.0912. The fraction of sp³-hybridized carbons (Fsp3) is 0.333. The normalized spacial score (nSPS) is 19.9. The van der Waals surface area contributed by atoms with Gasteiger partial charge < -0.3 is 63.8 Å². The van der Waals surface area contributed by atoms with Crippen LogP contribution in [0, 0.1) is 0 Å². The average Bonchev–Trinajstić information content (AvgIpc) is 3.21. The molecule has 0 aliphatic carbocycles. The van der Waals surface area contributed by atoms with Gasteiger partial charge in [0.2, 0.25) is 0 Å². The van der Waals surface area contributed by atoms with E-state index in [2.05, 4.69) is 0 Å². The highest BCUT2D eigenvalue weighted by atomic mass is 16.3. The van der Waals surface area contributed by atoms with Crippen molar-refractivity contribution in [1.82, 2.24) is 0 Å². The molecule has 58 heavy (non-hydrogen) atoms. The summed E-state index contributed by atoms with van der Waals surface area (Å²) in [5.74, 6) is -9.43. The maximum atomic E-state index is 11.3. The monoisotopic (exact) mass is 817 g/mol. The number of hydrogen-bond acceptors (Lipinski definition) is 16. The van der Waals surface area contributed by atoms with Gasteiger partial charge in [0.15, 0.2) is 46.0 Å². The Morgan fingerprint density at radius 1 is 0.483 bits per heavy atom. The van der Waals surface area contributed by atoms with Crippen LogP contribution in [0.15, 0.2) is 72.8 Å². The van der Waals surface area contributed by atoms with Crippen molar-refractivity contribution in [2.45, 2.75) is 90.2 Å². The summed E-state index contributed by atoms with van der Waals surface area (Å²) in [6, 6.07) is 5.35. The number of phenols is 8. The van der Waals surface area contributed by atoms with Crippen molar-refractivity contribution in [3.8, 4) is 46.0 Å². The summed E-state index contributed by atoms with van der Waals surface area (Å²) < 4.78 is 69.8. The van der Waals surface area contributed by atoms with Crippen molar-refractivity contribution in [2.24, 2.45) is 22.9 Å². The van der Waals surface area contributed by atoms with Crippen molar-refractivity contribution in [2.75, 3.05) is 0 Å². The number of ketones is 4. The summed E-state index contributed by atoms with van der Waals surface area (Å²) in [4.78, 5) is 44.8. The molecule has 0 saturated carbocycles. The highest BCUT2D eigenvalue weighted by Crippen LogP contribution is 2.31. The molecule has 0 spiro atoms. The zero-order valence-corrected chi connectivity index (χ0v) is 32.5. The number of carbonyl (C=O) groups excluding carboxylic acids is 4. The van der Waals surface area contributed by atoms with Crippen LogP contribution in [0.25, 0.3) is 0 Å². The highest BCUT2D eigenvalue weighted by Gasteiger charge is 2.21. The maximum absolute atomic E-state index is 11.3. The molecule has 16 N–H and O–H groups in total. The lowest BCUT2D eigenvalue weighted by atomic mass is 9.91. The minimum absolute atomic E-state index is 0.152. The molecule has 0 aromatic heterocycles. The third-order valence-corrected chi connectivity index (χ3v) is 7.75. The molecule has 7 atom stereocenters. The van der Waals surface area contributed by atoms with Crippen LogP contribution >= 0.6 is 0 Å². The molecule has 0 radical (unpaired) electrons. The fourth-order valence-electron chi connectivity index (χ4n) is 4.11. The molecule has 0 fully saturated rings. The van der Waals surface area contributed by atoms with Crippen molar-refractivity contribution in [3.05, 3.63) is 95.1 Å². The number of carbonyl (C=O) groups is 4. The van der Waals surface area contributed by atoms with E-state index in [9.17, 15) is 39.6 Å². The topological polar surface area (TPSA) is 334 Å². The van der Waals surface area contributed by atoms with E-state index in [1.54, 1.807) is 0 Å². The summed E-state index contributed by atoms with van der Waals surface area (Å²) >= 11 is 0. The second-order valence-corrected chi connectivity index (χ2v) is 12.3. The minimum atomic E-state index is -2.48. The predicted octanol–water partition coefficient (Wildman–Crippen LogP) is 3.35. The number of nitrogens with two attached hydrogens (primary N) is 4. The SMILES string of the molecule is [2H]C([2H])(c1ccc(O)c(O)c1)[C@]([2H])(N)C(C)=O.[2H][C@@](N)(C(C)=O)[C@]([2H])(C)c1ccc(O)c(O)c1.[2H][C@H](c1ccc(O)c(O)c1)[C@]([2H])(N)C(C)=O.[2H][C@](C)(c1ccc(O)c(O)c1)[C@]([2H])(N)C(C)=O. The van der Waals surface area contributed by atoms with Gasteiger partial charge in [-0.05, 0) is 111 Å². The molecule has 0 unspecified atom stereocenters. The molecular weight excluding hydrogens is 752 g/mol. The number of aromatic hydroxyl groups is 8. The van der Waals surface area contributed by atoms with Gasteiger partial charge in [-0.15, -0.1) is 0 Å². The molecule has 316 valence electrons. The lowest BCUT2D eigenvalue weighted by molar-refractivity contribution is -0.119. The smallest absolute Gasteiger partial charge is 0.157 e. The van der Waals surface area contributed by atoms with Gasteiger partial charge in [-0.25, -0.2) is 0 Å². The van der Waals surface area contributed by atoms with Crippen molar-refractivity contribution < 1.29 is 72.4 Å². The number of Topliss-reactive ketones (excluding diaryl/α,β-unsaturated/α-hetero) is 4. The van der Waals surface area contributed by atoms with E-state index in [0.717, 1.165) is 64.1 Å². The van der Waals surface area contributed by atoms with Gasteiger partial charge in [-0.1, -0.05) is 38.1 Å². The number of rotatable bonds is 12. The third-order valence-electron chi connectivity index (χ3n) is 7.75. The minimum Gasteiger partial charge on any atom is -0.504 e. The molecule has 0 aliphatic heterocycles. The Morgan fingerprint density at radius 2 is 0.793 bits per heavy atom. The Hall–Kier alpha value is -6.20. The summed E-state index contributed by atoms with van der Waals surface area (Å²) in [7, 11) is 0.